The number of esters is 1. The molecule has 1 saturated carbocycles. The number of ether oxygens (including phenoxy) is 2. The summed E-state index contributed by atoms with van der Waals surface area (Å²) in [6.45, 7) is 11.9. The first kappa shape index (κ1) is 26.7. The van der Waals surface area contributed by atoms with E-state index in [0.29, 0.717) is 30.4 Å². The van der Waals surface area contributed by atoms with E-state index in [9.17, 15) is 14.7 Å². The number of hydrogen-bond donors (Lipinski definition) is 1. The Hall–Kier alpha value is -3.52. The number of carbonyl (C=O) groups excluding carboxylic acids is 2. The number of furan rings is 1. The van der Waals surface area contributed by atoms with Crippen LogP contribution in [-0.2, 0) is 21.4 Å². The molecule has 2 fully saturated rings. The maximum Gasteiger partial charge on any atom is 0.308 e. The predicted molar refractivity (Wildman–Crippen MR) is 150 cm³/mol. The van der Waals surface area contributed by atoms with Crippen LogP contribution in [0.25, 0.3) is 6.08 Å². The van der Waals surface area contributed by atoms with Gasteiger partial charge in [0.15, 0.2) is 11.5 Å². The van der Waals surface area contributed by atoms with Crippen molar-refractivity contribution in [1.29, 1.82) is 0 Å². The fourth-order valence-corrected chi connectivity index (χ4v) is 8.02. The highest BCUT2D eigenvalue weighted by molar-refractivity contribution is 5.92. The van der Waals surface area contributed by atoms with Gasteiger partial charge in [0, 0.05) is 60.3 Å². The summed E-state index contributed by atoms with van der Waals surface area (Å²) in [5.41, 5.74) is 2.39. The molecule has 1 aromatic carbocycles. The van der Waals surface area contributed by atoms with E-state index in [1.54, 1.807) is 24.7 Å². The Kier molecular flexibility index (Phi) is 6.77. The van der Waals surface area contributed by atoms with Crippen LogP contribution in [-0.4, -0.2) is 64.6 Å². The second-order valence-corrected chi connectivity index (χ2v) is 12.1. The molecule has 5 atom stereocenters. The number of carbonyl (C=O) groups is 2. The lowest BCUT2D eigenvalue weighted by Crippen LogP contribution is -2.69. The van der Waals surface area contributed by atoms with Gasteiger partial charge in [-0.3, -0.25) is 14.5 Å². The van der Waals surface area contributed by atoms with Gasteiger partial charge in [-0.25, -0.2) is 0 Å². The molecule has 6 rings (SSSR count). The fraction of sp³-hybridized carbons (Fsp3) is 0.500. The van der Waals surface area contributed by atoms with Gasteiger partial charge in [-0.2, -0.15) is 0 Å². The monoisotopic (exact) mass is 546 g/mol. The third-order valence-electron chi connectivity index (χ3n) is 9.31. The van der Waals surface area contributed by atoms with Crippen molar-refractivity contribution in [1.82, 2.24) is 9.80 Å². The van der Waals surface area contributed by atoms with E-state index < -0.39 is 5.97 Å². The first-order valence-corrected chi connectivity index (χ1v) is 14.3. The first-order chi connectivity index (χ1) is 19.2. The Balaban J connectivity index is 1.45. The van der Waals surface area contributed by atoms with E-state index in [4.69, 9.17) is 13.9 Å². The average Bonchev–Trinajstić information content (AvgIpc) is 3.55. The lowest BCUT2D eigenvalue weighted by Gasteiger charge is -2.60. The topological polar surface area (TPSA) is 92.5 Å². The number of phenolic OH excluding ortho intramolecular Hbond substituents is 1. The summed E-state index contributed by atoms with van der Waals surface area (Å²) in [5, 5.41) is 11.2. The minimum atomic E-state index is -0.418. The second kappa shape index (κ2) is 10.1. The highest BCUT2D eigenvalue weighted by atomic mass is 16.5. The molecule has 1 saturated heterocycles. The van der Waals surface area contributed by atoms with Crippen molar-refractivity contribution in [2.24, 2.45) is 11.8 Å². The van der Waals surface area contributed by atoms with Crippen LogP contribution in [0.1, 0.15) is 56.7 Å². The molecule has 1 aromatic heterocycles. The van der Waals surface area contributed by atoms with Gasteiger partial charge >= 0.3 is 5.97 Å². The van der Waals surface area contributed by atoms with Crippen LogP contribution in [0, 0.1) is 11.8 Å². The van der Waals surface area contributed by atoms with E-state index >= 15 is 0 Å². The normalized spacial score (nSPS) is 28.3. The molecule has 2 aromatic rings. The summed E-state index contributed by atoms with van der Waals surface area (Å²) >= 11 is 0. The summed E-state index contributed by atoms with van der Waals surface area (Å²) in [5.74, 6) is 0.976. The van der Waals surface area contributed by atoms with Gasteiger partial charge in [0.05, 0.1) is 18.6 Å². The van der Waals surface area contributed by atoms with Crippen LogP contribution in [0.4, 0.5) is 0 Å². The van der Waals surface area contributed by atoms with Crippen LogP contribution in [0.3, 0.4) is 0 Å². The molecule has 2 aliphatic carbocycles. The second-order valence-electron chi connectivity index (χ2n) is 12.1. The van der Waals surface area contributed by atoms with Gasteiger partial charge in [0.25, 0.3) is 0 Å². The summed E-state index contributed by atoms with van der Waals surface area (Å²) in [7, 11) is 0. The summed E-state index contributed by atoms with van der Waals surface area (Å²) < 4.78 is 17.6. The van der Waals surface area contributed by atoms with Gasteiger partial charge in [-0.15, -0.1) is 6.58 Å². The zero-order valence-electron chi connectivity index (χ0n) is 23.5. The lowest BCUT2D eigenvalue weighted by molar-refractivity contribution is -0.138. The number of piperidine rings is 1. The predicted octanol–water partition coefficient (Wildman–Crippen LogP) is 4.70. The van der Waals surface area contributed by atoms with Crippen LogP contribution in [0.2, 0.25) is 0 Å². The van der Waals surface area contributed by atoms with Crippen LogP contribution in [0.5, 0.6) is 17.2 Å². The van der Waals surface area contributed by atoms with Crippen LogP contribution < -0.4 is 9.47 Å². The van der Waals surface area contributed by atoms with Crippen molar-refractivity contribution in [2.75, 3.05) is 19.6 Å². The molecular weight excluding hydrogens is 508 g/mol. The van der Waals surface area contributed by atoms with Crippen molar-refractivity contribution in [3.05, 3.63) is 60.1 Å². The summed E-state index contributed by atoms with van der Waals surface area (Å²) in [6, 6.07) is 3.41. The minimum absolute atomic E-state index is 0.00941. The van der Waals surface area contributed by atoms with Crippen molar-refractivity contribution in [3.63, 3.8) is 0 Å². The van der Waals surface area contributed by atoms with E-state index in [-0.39, 0.29) is 41.2 Å². The standard InChI is InChI=1S/C32H38N2O6/c1-5-12-33-13-11-32-23-7-8-24(34(17-19(2)3)28(37)9-6-21-10-14-38-18-21)31(32)40-30-26(36)16-27(39-20(4)35)22(29(30)32)15-25(23)33/h5-6,9-10,14,16,18-19,23-25,31,36H,1,7-8,11-13,15,17H2,2-4H3/b9-6+/t23-,24+,25+,31-,32-/m0/s1. The Morgan fingerprint density at radius 1 is 1.35 bits per heavy atom. The van der Waals surface area contributed by atoms with Crippen molar-refractivity contribution in [3.8, 4) is 17.2 Å². The van der Waals surface area contributed by atoms with E-state index in [0.717, 1.165) is 49.0 Å². The molecule has 2 bridgehead atoms. The quantitative estimate of drug-likeness (QED) is 0.222. The molecule has 212 valence electrons. The van der Waals surface area contributed by atoms with Gasteiger partial charge in [0.1, 0.15) is 11.9 Å². The molecule has 4 aliphatic rings. The molecule has 3 heterocycles. The molecule has 0 radical (unpaired) electrons. The van der Waals surface area contributed by atoms with Crippen molar-refractivity contribution >= 4 is 18.0 Å². The van der Waals surface area contributed by atoms with Gasteiger partial charge in [-0.1, -0.05) is 19.9 Å². The highest BCUT2D eigenvalue weighted by Gasteiger charge is 2.67. The van der Waals surface area contributed by atoms with Gasteiger partial charge in [-0.05, 0) is 56.2 Å². The number of amides is 1. The van der Waals surface area contributed by atoms with Crippen LogP contribution in [0.15, 0.2) is 47.8 Å². The molecule has 40 heavy (non-hydrogen) atoms. The number of aromatic hydroxyl groups is 1. The number of likely N-dealkylation sites (tertiary alicyclic amines) is 1. The van der Waals surface area contributed by atoms with Crippen LogP contribution >= 0.6 is 0 Å². The third-order valence-corrected chi connectivity index (χ3v) is 9.31. The largest absolute Gasteiger partial charge is 0.504 e. The number of benzene rings is 1. The van der Waals surface area contributed by atoms with Crippen molar-refractivity contribution < 1.29 is 28.6 Å². The molecule has 0 unspecified atom stereocenters. The molecule has 1 N–H and O–H groups in total. The Morgan fingerprint density at radius 2 is 2.17 bits per heavy atom. The summed E-state index contributed by atoms with van der Waals surface area (Å²) in [4.78, 5) is 30.3. The zero-order chi connectivity index (χ0) is 28.2. The summed E-state index contributed by atoms with van der Waals surface area (Å²) in [6.07, 6.45) is 11.6. The fourth-order valence-electron chi connectivity index (χ4n) is 8.02. The van der Waals surface area contributed by atoms with E-state index in [1.165, 1.54) is 13.0 Å². The molecule has 8 nitrogen and oxygen atoms in total. The molecule has 1 spiro atoms. The maximum absolute atomic E-state index is 13.8. The Bertz CT molecular complexity index is 1350. The van der Waals surface area contributed by atoms with E-state index in [2.05, 4.69) is 25.3 Å². The highest BCUT2D eigenvalue weighted by Crippen LogP contribution is 2.65. The number of rotatable bonds is 8. The average molecular weight is 547 g/mol. The smallest absolute Gasteiger partial charge is 0.308 e. The number of hydrogen-bond acceptors (Lipinski definition) is 7. The van der Waals surface area contributed by atoms with Gasteiger partial charge < -0.3 is 23.9 Å². The third kappa shape index (κ3) is 4.15. The first-order valence-electron chi connectivity index (χ1n) is 14.3. The SMILES string of the molecule is C=CCN1CC[C@]23c4c5c(OC(C)=O)cc(O)c4O[C@H]2[C@H](N(CC(C)C)C(=O)/C=C/c2ccoc2)CC[C@H]3[C@H]1C5. The van der Waals surface area contributed by atoms with Gasteiger partial charge in [0.2, 0.25) is 5.91 Å². The zero-order valence-corrected chi connectivity index (χ0v) is 23.5. The van der Waals surface area contributed by atoms with E-state index in [1.807, 2.05) is 17.0 Å². The molecule has 2 aliphatic heterocycles. The molecular formula is C32H38N2O6. The molecule has 8 heteroatoms. The lowest BCUT2D eigenvalue weighted by atomic mass is 9.50. The number of nitrogens with zero attached hydrogens (tertiary/aromatic N) is 2. The minimum Gasteiger partial charge on any atom is -0.504 e. The molecule has 1 amide bonds. The maximum atomic E-state index is 13.8. The number of phenols is 1. The Morgan fingerprint density at radius 3 is 2.88 bits per heavy atom. The Labute approximate surface area is 235 Å². The van der Waals surface area contributed by atoms with Crippen molar-refractivity contribution in [2.45, 2.75) is 70.1 Å².